The predicted molar refractivity (Wildman–Crippen MR) is 238 cm³/mol. The first-order valence-electron chi connectivity index (χ1n) is 18.1. The molecule has 56 heavy (non-hydrogen) atoms. The maximum absolute atomic E-state index is 8.65. The van der Waals surface area contributed by atoms with E-state index in [1.807, 2.05) is 165 Å². The number of hydrogen-bond donors (Lipinski definition) is 9. The fraction of sp³-hybridized carbons (Fsp3) is 0.234. The maximum atomic E-state index is 8.65. The van der Waals surface area contributed by atoms with Crippen molar-refractivity contribution in [3.63, 3.8) is 0 Å². The van der Waals surface area contributed by atoms with Crippen LogP contribution in [0.15, 0.2) is 182 Å². The number of aliphatic hydroxyl groups excluding tert-OH is 3. The highest BCUT2D eigenvalue weighted by molar-refractivity contribution is 5.30. The Hall–Kier alpha value is -6.00. The molecule has 0 atom stereocenters. The zero-order chi connectivity index (χ0) is 44.7. The van der Waals surface area contributed by atoms with Crippen LogP contribution in [0.1, 0.15) is 55.4 Å². The molecular weight excluding hydrogens is 709 g/mol. The first-order valence-corrected chi connectivity index (χ1v) is 18.1. The van der Waals surface area contributed by atoms with E-state index in [1.165, 1.54) is 72.8 Å². The van der Waals surface area contributed by atoms with Crippen LogP contribution in [0.5, 0.6) is 34.5 Å². The van der Waals surface area contributed by atoms with E-state index in [0.29, 0.717) is 0 Å². The molecule has 0 aliphatic heterocycles. The van der Waals surface area contributed by atoms with Gasteiger partial charge >= 0.3 is 0 Å². The van der Waals surface area contributed by atoms with Crippen molar-refractivity contribution in [1.82, 2.24) is 0 Å². The lowest BCUT2D eigenvalue weighted by Crippen LogP contribution is -1.61. The van der Waals surface area contributed by atoms with Crippen molar-refractivity contribution in [3.8, 4) is 34.5 Å². The lowest BCUT2D eigenvalue weighted by Gasteiger charge is -1.88. The molecule has 6 rings (SSSR count). The zero-order valence-corrected chi connectivity index (χ0v) is 35.3. The summed E-state index contributed by atoms with van der Waals surface area (Å²) in [7, 11) is 3.00. The van der Waals surface area contributed by atoms with E-state index in [9.17, 15) is 0 Å². The van der Waals surface area contributed by atoms with Gasteiger partial charge in [-0.25, -0.2) is 0 Å². The Morgan fingerprint density at radius 2 is 0.232 bits per heavy atom. The third kappa shape index (κ3) is 60.1. The molecular formula is C47H72O9. The molecule has 0 amide bonds. The Balaban J connectivity index is -0.0000000970. The van der Waals surface area contributed by atoms with Crippen LogP contribution in [0.2, 0.25) is 0 Å². The van der Waals surface area contributed by atoms with Gasteiger partial charge < -0.3 is 46.0 Å². The molecule has 0 bridgehead atoms. The van der Waals surface area contributed by atoms with Gasteiger partial charge in [-0.05, 0) is 72.8 Å². The quantitative estimate of drug-likeness (QED) is 0.0677. The number of benzene rings is 6. The van der Waals surface area contributed by atoms with E-state index in [4.69, 9.17) is 46.0 Å². The summed E-state index contributed by atoms with van der Waals surface area (Å²) in [4.78, 5) is 0. The van der Waals surface area contributed by atoms with Crippen molar-refractivity contribution in [2.75, 3.05) is 21.3 Å². The second-order valence-electron chi connectivity index (χ2n) is 8.01. The van der Waals surface area contributed by atoms with Crippen LogP contribution >= 0.6 is 0 Å². The molecule has 0 spiro atoms. The first-order chi connectivity index (χ1) is 27.4. The van der Waals surface area contributed by atoms with Gasteiger partial charge in [0.15, 0.2) is 0 Å². The molecule has 314 valence electrons. The van der Waals surface area contributed by atoms with E-state index in [-0.39, 0.29) is 34.5 Å². The number of phenols is 6. The lowest BCUT2D eigenvalue weighted by molar-refractivity contribution is 0.399. The molecule has 0 aliphatic carbocycles. The summed E-state index contributed by atoms with van der Waals surface area (Å²) < 4.78 is 0. The van der Waals surface area contributed by atoms with E-state index in [0.717, 1.165) is 21.3 Å². The van der Waals surface area contributed by atoms with Gasteiger partial charge in [-0.2, -0.15) is 0 Å². The molecule has 0 fully saturated rings. The fourth-order valence-corrected chi connectivity index (χ4v) is 2.51. The van der Waals surface area contributed by atoms with E-state index >= 15 is 0 Å². The third-order valence-electron chi connectivity index (χ3n) is 4.55. The summed E-state index contributed by atoms with van der Waals surface area (Å²) in [6.45, 7) is 16.0. The minimum absolute atomic E-state index is 0.169. The SMILES string of the molecule is CC.CC.CC.CC.CO.CO.CO.Oc1ccc(O)cc1.Oc1ccc(O)cc1.Oc1ccc(O)cc1.c1ccccc1.c1ccccc1.c1ccccc1. The Morgan fingerprint density at radius 3 is 0.286 bits per heavy atom. The maximum Gasteiger partial charge on any atom is 0.115 e. The topological polar surface area (TPSA) is 182 Å². The van der Waals surface area contributed by atoms with E-state index in [1.54, 1.807) is 0 Å². The molecule has 6 aromatic carbocycles. The van der Waals surface area contributed by atoms with Crippen LogP contribution in [-0.2, 0) is 0 Å². The van der Waals surface area contributed by atoms with Gasteiger partial charge in [0.2, 0.25) is 0 Å². The summed E-state index contributed by atoms with van der Waals surface area (Å²) in [5.74, 6) is 1.02. The van der Waals surface area contributed by atoms with E-state index in [2.05, 4.69) is 0 Å². The Kier molecular flexibility index (Phi) is 74.2. The molecule has 0 heterocycles. The summed E-state index contributed by atoms with van der Waals surface area (Å²) >= 11 is 0. The highest BCUT2D eigenvalue weighted by Crippen LogP contribution is 2.14. The van der Waals surface area contributed by atoms with Crippen LogP contribution < -0.4 is 0 Å². The molecule has 9 N–H and O–H groups in total. The molecule has 0 radical (unpaired) electrons. The van der Waals surface area contributed by atoms with Gasteiger partial charge in [0.25, 0.3) is 0 Å². The van der Waals surface area contributed by atoms with Gasteiger partial charge in [-0.3, -0.25) is 0 Å². The smallest absolute Gasteiger partial charge is 0.115 e. The largest absolute Gasteiger partial charge is 0.508 e. The summed E-state index contributed by atoms with van der Waals surface area (Å²) in [6.07, 6.45) is 0. The van der Waals surface area contributed by atoms with Crippen molar-refractivity contribution in [2.24, 2.45) is 0 Å². The highest BCUT2D eigenvalue weighted by atomic mass is 16.3. The molecule has 0 aliphatic rings. The average molecular weight is 781 g/mol. The Morgan fingerprint density at radius 1 is 0.179 bits per heavy atom. The van der Waals surface area contributed by atoms with Crippen molar-refractivity contribution in [1.29, 1.82) is 0 Å². The third-order valence-corrected chi connectivity index (χ3v) is 4.55. The van der Waals surface area contributed by atoms with Gasteiger partial charge in [-0.15, -0.1) is 0 Å². The van der Waals surface area contributed by atoms with Gasteiger partial charge in [-0.1, -0.05) is 165 Å². The van der Waals surface area contributed by atoms with Crippen molar-refractivity contribution in [3.05, 3.63) is 182 Å². The molecule has 0 saturated heterocycles. The Bertz CT molecular complexity index is 1070. The lowest BCUT2D eigenvalue weighted by atomic mass is 10.3. The van der Waals surface area contributed by atoms with Crippen LogP contribution in [0.25, 0.3) is 0 Å². The molecule has 9 heteroatoms. The molecule has 6 aromatic rings. The van der Waals surface area contributed by atoms with Crippen LogP contribution in [-0.4, -0.2) is 67.3 Å². The highest BCUT2D eigenvalue weighted by Gasteiger charge is 1.85. The Labute approximate surface area is 338 Å². The number of phenolic OH excluding ortho intramolecular Hbond substituents is 6. The molecule has 9 nitrogen and oxygen atoms in total. The minimum atomic E-state index is 0.169. The number of aromatic hydroxyl groups is 6. The minimum Gasteiger partial charge on any atom is -0.508 e. The van der Waals surface area contributed by atoms with Gasteiger partial charge in [0.05, 0.1) is 0 Å². The molecule has 0 saturated carbocycles. The van der Waals surface area contributed by atoms with Gasteiger partial charge in [0.1, 0.15) is 34.5 Å². The zero-order valence-electron chi connectivity index (χ0n) is 35.3. The normalized spacial score (nSPS) is 7.18. The second-order valence-corrected chi connectivity index (χ2v) is 8.01. The van der Waals surface area contributed by atoms with Crippen molar-refractivity contribution >= 4 is 0 Å². The fourth-order valence-electron chi connectivity index (χ4n) is 2.51. The second kappa shape index (κ2) is 64.0. The van der Waals surface area contributed by atoms with Crippen LogP contribution in [0.4, 0.5) is 0 Å². The monoisotopic (exact) mass is 781 g/mol. The number of aliphatic hydroxyl groups is 3. The summed E-state index contributed by atoms with van der Waals surface area (Å²) in [5.41, 5.74) is 0. The summed E-state index contributed by atoms with van der Waals surface area (Å²) in [6, 6.07) is 53.1. The van der Waals surface area contributed by atoms with E-state index < -0.39 is 0 Å². The number of hydrogen-bond acceptors (Lipinski definition) is 9. The van der Waals surface area contributed by atoms with Crippen LogP contribution in [0.3, 0.4) is 0 Å². The van der Waals surface area contributed by atoms with Crippen LogP contribution in [0, 0.1) is 0 Å². The first kappa shape index (κ1) is 64.9. The molecule has 0 unspecified atom stereocenters. The number of rotatable bonds is 0. The predicted octanol–water partition coefficient (Wildman–Crippen LogP) is 11.3. The standard InChI is InChI=1S/3C6H6O2.3C6H6.4C2H6.3CH4O/c3*7-5-1-2-6(8)4-3-5;3*1-2-4-6-5-3-1;7*1-2/h3*1-4,7-8H;3*1-6H;4*1-2H3;3*2H,1H3. The average Bonchev–Trinajstić information content (AvgIpc) is 3.31. The summed E-state index contributed by atoms with van der Waals surface area (Å²) in [5, 5.41) is 72.9. The molecule has 0 aromatic heterocycles. The van der Waals surface area contributed by atoms with Gasteiger partial charge in [0, 0.05) is 21.3 Å². The van der Waals surface area contributed by atoms with Crippen molar-refractivity contribution < 1.29 is 46.0 Å². The van der Waals surface area contributed by atoms with Crippen molar-refractivity contribution in [2.45, 2.75) is 55.4 Å².